The Morgan fingerprint density at radius 1 is 1.06 bits per heavy atom. The summed E-state index contributed by atoms with van der Waals surface area (Å²) in [6, 6.07) is 16.6. The molecule has 1 aliphatic heterocycles. The quantitative estimate of drug-likeness (QED) is 0.241. The largest absolute Gasteiger partial charge is 0.508 e. The molecule has 1 unspecified atom stereocenters. The van der Waals surface area contributed by atoms with Gasteiger partial charge in [-0.3, -0.25) is 14.5 Å². The molecule has 0 aromatic heterocycles. The van der Waals surface area contributed by atoms with Gasteiger partial charge >= 0.3 is 0 Å². The number of phenolic OH excluding ortho intramolecular Hbond substituents is 1. The summed E-state index contributed by atoms with van der Waals surface area (Å²) in [5, 5.41) is 21.6. The van der Waals surface area contributed by atoms with E-state index in [0.717, 1.165) is 0 Å². The van der Waals surface area contributed by atoms with Crippen LogP contribution in [0.15, 0.2) is 72.3 Å². The average Bonchev–Trinajstić information content (AvgIpc) is 3.13. The third-order valence-corrected chi connectivity index (χ3v) is 6.05. The highest BCUT2D eigenvalue weighted by Gasteiger charge is 2.47. The highest BCUT2D eigenvalue weighted by atomic mass is 35.5. The molecule has 1 heterocycles. The SMILES string of the molecule is COc1ccc(/C(O)=C2/C(=O)C(=O)N(c3ccc(OCC(C)C)cc3)C2c2cccc(O)c2)cc1Cl. The van der Waals surface area contributed by atoms with Crippen molar-refractivity contribution in [3.05, 3.63) is 88.5 Å². The molecule has 1 saturated heterocycles. The van der Waals surface area contributed by atoms with Gasteiger partial charge in [0.1, 0.15) is 23.0 Å². The van der Waals surface area contributed by atoms with Gasteiger partial charge in [-0.2, -0.15) is 0 Å². The van der Waals surface area contributed by atoms with Gasteiger partial charge in [0.25, 0.3) is 11.7 Å². The van der Waals surface area contributed by atoms with Crippen LogP contribution in [0.2, 0.25) is 5.02 Å². The molecule has 2 N–H and O–H groups in total. The number of nitrogens with zero attached hydrogens (tertiary/aromatic N) is 1. The van der Waals surface area contributed by atoms with Crippen LogP contribution in [0.5, 0.6) is 17.2 Å². The molecule has 7 nitrogen and oxygen atoms in total. The van der Waals surface area contributed by atoms with Crippen LogP contribution in [-0.4, -0.2) is 35.6 Å². The van der Waals surface area contributed by atoms with Crippen molar-refractivity contribution in [3.63, 3.8) is 0 Å². The maximum atomic E-state index is 13.3. The Labute approximate surface area is 214 Å². The van der Waals surface area contributed by atoms with Crippen LogP contribution in [0, 0.1) is 5.92 Å². The number of Topliss-reactive ketones (excluding diaryl/α,β-unsaturated/α-hetero) is 1. The number of rotatable bonds is 7. The fraction of sp³-hybridized carbons (Fsp3) is 0.214. The van der Waals surface area contributed by atoms with Crippen molar-refractivity contribution in [3.8, 4) is 17.2 Å². The molecule has 0 radical (unpaired) electrons. The Bertz CT molecular complexity index is 1330. The van der Waals surface area contributed by atoms with Crippen molar-refractivity contribution in [1.82, 2.24) is 0 Å². The molecule has 3 aromatic rings. The van der Waals surface area contributed by atoms with E-state index >= 15 is 0 Å². The second-order valence-corrected chi connectivity index (χ2v) is 9.22. The molecule has 1 amide bonds. The molecule has 36 heavy (non-hydrogen) atoms. The predicted octanol–water partition coefficient (Wildman–Crippen LogP) is 5.72. The summed E-state index contributed by atoms with van der Waals surface area (Å²) in [5.41, 5.74) is 1.03. The lowest BCUT2D eigenvalue weighted by molar-refractivity contribution is -0.132. The topological polar surface area (TPSA) is 96.3 Å². The molecule has 4 rings (SSSR count). The number of aliphatic hydroxyl groups is 1. The van der Waals surface area contributed by atoms with Crippen molar-refractivity contribution in [2.45, 2.75) is 19.9 Å². The lowest BCUT2D eigenvalue weighted by Crippen LogP contribution is -2.29. The maximum absolute atomic E-state index is 13.3. The number of hydrogen-bond donors (Lipinski definition) is 2. The summed E-state index contributed by atoms with van der Waals surface area (Å²) < 4.78 is 10.9. The van der Waals surface area contributed by atoms with Crippen molar-refractivity contribution in [2.75, 3.05) is 18.6 Å². The van der Waals surface area contributed by atoms with E-state index < -0.39 is 17.7 Å². The number of halogens is 1. The second kappa shape index (κ2) is 10.3. The monoisotopic (exact) mass is 507 g/mol. The van der Waals surface area contributed by atoms with Crippen LogP contribution < -0.4 is 14.4 Å². The zero-order valence-corrected chi connectivity index (χ0v) is 20.8. The van der Waals surface area contributed by atoms with Crippen LogP contribution in [-0.2, 0) is 9.59 Å². The van der Waals surface area contributed by atoms with Gasteiger partial charge in [-0.15, -0.1) is 0 Å². The van der Waals surface area contributed by atoms with Crippen LogP contribution >= 0.6 is 11.6 Å². The summed E-state index contributed by atoms with van der Waals surface area (Å²) in [6.07, 6.45) is 0. The predicted molar refractivity (Wildman–Crippen MR) is 138 cm³/mol. The van der Waals surface area contributed by atoms with E-state index in [1.165, 1.54) is 30.2 Å². The van der Waals surface area contributed by atoms with Crippen LogP contribution in [0.25, 0.3) is 5.76 Å². The second-order valence-electron chi connectivity index (χ2n) is 8.81. The third kappa shape index (κ3) is 4.88. The van der Waals surface area contributed by atoms with Crippen molar-refractivity contribution in [1.29, 1.82) is 0 Å². The normalized spacial score (nSPS) is 17.0. The lowest BCUT2D eigenvalue weighted by Gasteiger charge is -2.25. The number of aromatic hydroxyl groups is 1. The van der Waals surface area contributed by atoms with Gasteiger partial charge in [0.05, 0.1) is 30.4 Å². The Morgan fingerprint density at radius 2 is 1.78 bits per heavy atom. The highest BCUT2D eigenvalue weighted by molar-refractivity contribution is 6.51. The molecule has 0 saturated carbocycles. The fourth-order valence-corrected chi connectivity index (χ4v) is 4.30. The molecule has 186 valence electrons. The molecule has 1 atom stereocenters. The number of phenols is 1. The summed E-state index contributed by atoms with van der Waals surface area (Å²) >= 11 is 6.24. The first-order chi connectivity index (χ1) is 17.2. The van der Waals surface area contributed by atoms with Crippen LogP contribution in [0.1, 0.15) is 31.0 Å². The van der Waals surface area contributed by atoms with Crippen molar-refractivity contribution < 1.29 is 29.3 Å². The minimum atomic E-state index is -0.986. The zero-order valence-electron chi connectivity index (χ0n) is 20.1. The van der Waals surface area contributed by atoms with E-state index in [1.54, 1.807) is 48.5 Å². The van der Waals surface area contributed by atoms with Crippen LogP contribution in [0.3, 0.4) is 0 Å². The fourth-order valence-electron chi connectivity index (χ4n) is 4.04. The maximum Gasteiger partial charge on any atom is 0.300 e. The summed E-state index contributed by atoms with van der Waals surface area (Å²) in [6.45, 7) is 4.62. The van der Waals surface area contributed by atoms with E-state index in [2.05, 4.69) is 0 Å². The number of aliphatic hydroxyl groups excluding tert-OH is 1. The first-order valence-electron chi connectivity index (χ1n) is 11.4. The number of benzene rings is 3. The van der Waals surface area contributed by atoms with Gasteiger partial charge in [-0.25, -0.2) is 0 Å². The number of carbonyl (C=O) groups excluding carboxylic acids is 2. The van der Waals surface area contributed by atoms with Crippen LogP contribution in [0.4, 0.5) is 5.69 Å². The van der Waals surface area contributed by atoms with Crippen molar-refractivity contribution >= 4 is 34.7 Å². The first-order valence-corrected chi connectivity index (χ1v) is 11.8. The molecular formula is C28H26ClNO6. The Balaban J connectivity index is 1.84. The Hall–Kier alpha value is -3.97. The van der Waals surface area contributed by atoms with Gasteiger partial charge in [-0.1, -0.05) is 37.6 Å². The molecule has 0 bridgehead atoms. The van der Waals surface area contributed by atoms with E-state index in [0.29, 0.717) is 35.3 Å². The van der Waals surface area contributed by atoms with E-state index in [1.807, 2.05) is 13.8 Å². The summed E-state index contributed by atoms with van der Waals surface area (Å²) in [7, 11) is 1.47. The zero-order chi connectivity index (χ0) is 26.0. The molecule has 3 aromatic carbocycles. The minimum Gasteiger partial charge on any atom is -0.508 e. The number of carbonyl (C=O) groups is 2. The molecule has 1 aliphatic rings. The number of anilines is 1. The molecular weight excluding hydrogens is 482 g/mol. The average molecular weight is 508 g/mol. The Kier molecular flexibility index (Phi) is 7.22. The summed E-state index contributed by atoms with van der Waals surface area (Å²) in [5.74, 6) is -0.703. The van der Waals surface area contributed by atoms with Gasteiger partial charge in [0, 0.05) is 11.3 Å². The number of ketones is 1. The van der Waals surface area contributed by atoms with Gasteiger partial charge in [0.2, 0.25) is 0 Å². The standard InChI is InChI=1S/C28H26ClNO6/c1-16(2)15-36-21-10-8-19(9-11-21)30-25(17-5-4-6-20(31)13-17)24(27(33)28(30)34)26(32)18-7-12-23(35-3)22(29)14-18/h4-14,16,25,31-32H,15H2,1-3H3/b26-24-. The molecule has 8 heteroatoms. The highest BCUT2D eigenvalue weighted by Crippen LogP contribution is 2.43. The van der Waals surface area contributed by atoms with E-state index in [9.17, 15) is 19.8 Å². The van der Waals surface area contributed by atoms with Gasteiger partial charge < -0.3 is 19.7 Å². The Morgan fingerprint density at radius 3 is 2.39 bits per heavy atom. The van der Waals surface area contributed by atoms with E-state index in [-0.39, 0.29) is 27.7 Å². The number of amides is 1. The number of ether oxygens (including phenoxy) is 2. The third-order valence-electron chi connectivity index (χ3n) is 5.75. The van der Waals surface area contributed by atoms with Gasteiger partial charge in [-0.05, 0) is 66.1 Å². The number of methoxy groups -OCH3 is 1. The summed E-state index contributed by atoms with van der Waals surface area (Å²) in [4.78, 5) is 27.9. The minimum absolute atomic E-state index is 0.0389. The van der Waals surface area contributed by atoms with Gasteiger partial charge in [0.15, 0.2) is 0 Å². The van der Waals surface area contributed by atoms with E-state index in [4.69, 9.17) is 21.1 Å². The molecule has 1 fully saturated rings. The number of hydrogen-bond acceptors (Lipinski definition) is 6. The van der Waals surface area contributed by atoms with Crippen molar-refractivity contribution in [2.24, 2.45) is 5.92 Å². The molecule has 0 aliphatic carbocycles. The molecule has 0 spiro atoms. The smallest absolute Gasteiger partial charge is 0.300 e. The lowest BCUT2D eigenvalue weighted by atomic mass is 9.95. The first kappa shape index (κ1) is 25.1.